The van der Waals surface area contributed by atoms with Crippen LogP contribution in [0.15, 0.2) is 18.2 Å². The molecule has 1 aliphatic rings. The maximum absolute atomic E-state index is 10.9. The van der Waals surface area contributed by atoms with Crippen LogP contribution in [0.3, 0.4) is 0 Å². The fraction of sp³-hybridized carbons (Fsp3) is 0.455. The minimum absolute atomic E-state index is 0.0579. The van der Waals surface area contributed by atoms with E-state index in [0.29, 0.717) is 10.7 Å². The molecule has 17 heavy (non-hydrogen) atoms. The Labute approximate surface area is 104 Å². The van der Waals surface area contributed by atoms with Crippen molar-refractivity contribution in [1.82, 2.24) is 5.32 Å². The van der Waals surface area contributed by atoms with Crippen LogP contribution in [0.5, 0.6) is 0 Å². The van der Waals surface area contributed by atoms with Gasteiger partial charge in [-0.2, -0.15) is 0 Å². The van der Waals surface area contributed by atoms with E-state index in [1.165, 1.54) is 12.1 Å². The number of nitro groups is 1. The van der Waals surface area contributed by atoms with Crippen LogP contribution in [-0.4, -0.2) is 23.6 Å². The van der Waals surface area contributed by atoms with E-state index in [0.717, 1.165) is 19.5 Å². The topological polar surface area (TPSA) is 67.2 Å². The van der Waals surface area contributed by atoms with E-state index in [1.54, 1.807) is 6.07 Å². The van der Waals surface area contributed by atoms with Crippen LogP contribution in [0.2, 0.25) is 5.02 Å². The minimum atomic E-state index is -0.398. The molecule has 1 aromatic carbocycles. The average molecular weight is 256 g/mol. The van der Waals surface area contributed by atoms with Gasteiger partial charge in [0.25, 0.3) is 5.69 Å². The van der Waals surface area contributed by atoms with Gasteiger partial charge in [-0.25, -0.2) is 0 Å². The fourth-order valence-corrected chi connectivity index (χ4v) is 2.19. The molecule has 0 spiro atoms. The Morgan fingerprint density at radius 3 is 2.94 bits per heavy atom. The van der Waals surface area contributed by atoms with Gasteiger partial charge >= 0.3 is 0 Å². The molecule has 0 aromatic heterocycles. The number of nitro benzene ring substituents is 1. The number of hydrogen-bond acceptors (Lipinski definition) is 4. The summed E-state index contributed by atoms with van der Waals surface area (Å²) in [5, 5.41) is 17.9. The zero-order chi connectivity index (χ0) is 12.5. The molecule has 0 aliphatic carbocycles. The second kappa shape index (κ2) is 4.50. The molecule has 92 valence electrons. The van der Waals surface area contributed by atoms with Crippen LogP contribution in [-0.2, 0) is 0 Å². The Morgan fingerprint density at radius 2 is 2.35 bits per heavy atom. The third-order valence-electron chi connectivity index (χ3n) is 2.96. The van der Waals surface area contributed by atoms with Crippen molar-refractivity contribution in [3.63, 3.8) is 0 Å². The Morgan fingerprint density at radius 1 is 1.59 bits per heavy atom. The van der Waals surface area contributed by atoms with Gasteiger partial charge in [-0.1, -0.05) is 11.6 Å². The van der Waals surface area contributed by atoms with Crippen LogP contribution in [0.1, 0.15) is 13.3 Å². The molecule has 0 bridgehead atoms. The van der Waals surface area contributed by atoms with Crippen LogP contribution in [0, 0.1) is 10.1 Å². The Bertz CT molecular complexity index is 444. The lowest BCUT2D eigenvalue weighted by Gasteiger charge is -2.25. The number of hydrogen-bond donors (Lipinski definition) is 2. The highest BCUT2D eigenvalue weighted by molar-refractivity contribution is 6.31. The summed E-state index contributed by atoms with van der Waals surface area (Å²) in [5.41, 5.74) is 0.381. The SMILES string of the molecule is CC1(Nc2cc(Cl)ccc2[N+](=O)[O-])CCNC1. The van der Waals surface area contributed by atoms with Gasteiger partial charge < -0.3 is 10.6 Å². The molecular formula is C11H14ClN3O2. The van der Waals surface area contributed by atoms with E-state index >= 15 is 0 Å². The van der Waals surface area contributed by atoms with E-state index < -0.39 is 4.92 Å². The first-order valence-electron chi connectivity index (χ1n) is 5.43. The molecule has 2 N–H and O–H groups in total. The van der Waals surface area contributed by atoms with Crippen molar-refractivity contribution in [2.75, 3.05) is 18.4 Å². The number of benzene rings is 1. The summed E-state index contributed by atoms with van der Waals surface area (Å²) in [7, 11) is 0. The van der Waals surface area contributed by atoms with Crippen molar-refractivity contribution in [3.05, 3.63) is 33.3 Å². The highest BCUT2D eigenvalue weighted by Crippen LogP contribution is 2.31. The standard InChI is InChI=1S/C11H14ClN3O2/c1-11(4-5-13-7-11)14-9-6-8(12)2-3-10(9)15(16)17/h2-3,6,13-14H,4-5,7H2,1H3. The second-order valence-corrected chi connectivity index (χ2v) is 4.97. The molecule has 5 nitrogen and oxygen atoms in total. The number of rotatable bonds is 3. The normalized spacial score (nSPS) is 23.6. The largest absolute Gasteiger partial charge is 0.373 e. The highest BCUT2D eigenvalue weighted by atomic mass is 35.5. The summed E-state index contributed by atoms with van der Waals surface area (Å²) < 4.78 is 0. The van der Waals surface area contributed by atoms with Gasteiger partial charge in [-0.05, 0) is 32.0 Å². The molecule has 1 atom stereocenters. The van der Waals surface area contributed by atoms with Gasteiger partial charge in [0.15, 0.2) is 0 Å². The molecular weight excluding hydrogens is 242 g/mol. The maximum Gasteiger partial charge on any atom is 0.292 e. The van der Waals surface area contributed by atoms with Gasteiger partial charge in [-0.15, -0.1) is 0 Å². The van der Waals surface area contributed by atoms with Crippen molar-refractivity contribution >= 4 is 23.0 Å². The molecule has 0 saturated carbocycles. The molecule has 1 fully saturated rings. The summed E-state index contributed by atoms with van der Waals surface area (Å²) in [6.07, 6.45) is 0.927. The lowest BCUT2D eigenvalue weighted by molar-refractivity contribution is -0.384. The zero-order valence-corrected chi connectivity index (χ0v) is 10.3. The van der Waals surface area contributed by atoms with Gasteiger partial charge in [0.2, 0.25) is 0 Å². The van der Waals surface area contributed by atoms with Gasteiger partial charge in [0.05, 0.1) is 4.92 Å². The monoisotopic (exact) mass is 255 g/mol. The van der Waals surface area contributed by atoms with Crippen LogP contribution < -0.4 is 10.6 Å². The van der Waals surface area contributed by atoms with E-state index in [9.17, 15) is 10.1 Å². The Hall–Kier alpha value is -1.33. The first-order valence-corrected chi connectivity index (χ1v) is 5.81. The van der Waals surface area contributed by atoms with E-state index in [2.05, 4.69) is 10.6 Å². The number of halogens is 1. The van der Waals surface area contributed by atoms with Crippen LogP contribution in [0.4, 0.5) is 11.4 Å². The highest BCUT2D eigenvalue weighted by Gasteiger charge is 2.30. The summed E-state index contributed by atoms with van der Waals surface area (Å²) in [5.74, 6) is 0. The predicted molar refractivity (Wildman–Crippen MR) is 67.6 cm³/mol. The zero-order valence-electron chi connectivity index (χ0n) is 9.50. The quantitative estimate of drug-likeness (QED) is 0.643. The molecule has 0 radical (unpaired) electrons. The predicted octanol–water partition coefficient (Wildman–Crippen LogP) is 2.41. The second-order valence-electron chi connectivity index (χ2n) is 4.53. The average Bonchev–Trinajstić information content (AvgIpc) is 2.64. The van der Waals surface area contributed by atoms with Gasteiger partial charge in [0, 0.05) is 23.2 Å². The Kier molecular flexibility index (Phi) is 3.22. The third-order valence-corrected chi connectivity index (χ3v) is 3.20. The molecule has 1 aliphatic heterocycles. The van der Waals surface area contributed by atoms with Crippen LogP contribution in [0.25, 0.3) is 0 Å². The summed E-state index contributed by atoms with van der Waals surface area (Å²) in [4.78, 5) is 10.5. The lowest BCUT2D eigenvalue weighted by atomic mass is 10.0. The van der Waals surface area contributed by atoms with Gasteiger partial charge in [0.1, 0.15) is 5.69 Å². The van der Waals surface area contributed by atoms with Crippen molar-refractivity contribution < 1.29 is 4.92 Å². The first kappa shape index (κ1) is 12.1. The van der Waals surface area contributed by atoms with Crippen molar-refractivity contribution in [2.24, 2.45) is 0 Å². The lowest BCUT2D eigenvalue weighted by Crippen LogP contribution is -2.37. The van der Waals surface area contributed by atoms with Crippen molar-refractivity contribution in [3.8, 4) is 0 Å². The molecule has 0 amide bonds. The number of anilines is 1. The summed E-state index contributed by atoms with van der Waals surface area (Å²) in [6.45, 7) is 3.74. The molecule has 1 aromatic rings. The Balaban J connectivity index is 2.30. The summed E-state index contributed by atoms with van der Waals surface area (Å²) in [6, 6.07) is 4.56. The fourth-order valence-electron chi connectivity index (χ4n) is 2.02. The molecule has 6 heteroatoms. The van der Waals surface area contributed by atoms with Crippen molar-refractivity contribution in [1.29, 1.82) is 0 Å². The van der Waals surface area contributed by atoms with E-state index in [4.69, 9.17) is 11.6 Å². The maximum atomic E-state index is 10.9. The summed E-state index contributed by atoms with van der Waals surface area (Å²) >= 11 is 5.87. The van der Waals surface area contributed by atoms with E-state index in [-0.39, 0.29) is 11.2 Å². The molecule has 1 unspecified atom stereocenters. The van der Waals surface area contributed by atoms with Crippen LogP contribution >= 0.6 is 11.6 Å². The molecule has 1 heterocycles. The van der Waals surface area contributed by atoms with E-state index in [1.807, 2.05) is 6.92 Å². The molecule has 1 saturated heterocycles. The molecule has 2 rings (SSSR count). The number of nitrogens with one attached hydrogen (secondary N) is 2. The number of nitrogens with zero attached hydrogens (tertiary/aromatic N) is 1. The van der Waals surface area contributed by atoms with Crippen molar-refractivity contribution in [2.45, 2.75) is 18.9 Å². The van der Waals surface area contributed by atoms with Gasteiger partial charge in [-0.3, -0.25) is 10.1 Å². The first-order chi connectivity index (χ1) is 8.00. The minimum Gasteiger partial charge on any atom is -0.373 e. The smallest absolute Gasteiger partial charge is 0.292 e. The third kappa shape index (κ3) is 2.68.